The minimum atomic E-state index is 0.691. The van der Waals surface area contributed by atoms with Gasteiger partial charge in [-0.3, -0.25) is 4.90 Å². The number of halogens is 1. The lowest BCUT2D eigenvalue weighted by Crippen LogP contribution is -2.27. The summed E-state index contributed by atoms with van der Waals surface area (Å²) in [5.41, 5.74) is 2.92. The van der Waals surface area contributed by atoms with E-state index in [2.05, 4.69) is 44.7 Å². The first kappa shape index (κ1) is 21.7. The lowest BCUT2D eigenvalue weighted by molar-refractivity contribution is 0.297. The van der Waals surface area contributed by atoms with Gasteiger partial charge in [0.05, 0.1) is 0 Å². The van der Waals surface area contributed by atoms with Gasteiger partial charge in [-0.25, -0.2) is 0 Å². The standard InChI is InChI=1S/C20H38ClN/c1-5-8-9-10-13-20(17-21)14-11-12-19(4)18-22(15-6-2)16-7-3/h12-13H,5-11,14-18H2,1-4H3/b19-12+,20-13+. The van der Waals surface area contributed by atoms with Crippen LogP contribution in [0.15, 0.2) is 23.3 Å². The predicted octanol–water partition coefficient (Wildman–Crippen LogP) is 6.58. The van der Waals surface area contributed by atoms with Gasteiger partial charge in [-0.2, -0.15) is 0 Å². The maximum absolute atomic E-state index is 6.07. The molecule has 0 radical (unpaired) electrons. The molecule has 0 aromatic rings. The normalized spacial score (nSPS) is 13.2. The second-order valence-corrected chi connectivity index (χ2v) is 6.62. The van der Waals surface area contributed by atoms with E-state index >= 15 is 0 Å². The van der Waals surface area contributed by atoms with Crippen molar-refractivity contribution < 1.29 is 0 Å². The van der Waals surface area contributed by atoms with E-state index < -0.39 is 0 Å². The highest BCUT2D eigenvalue weighted by atomic mass is 35.5. The van der Waals surface area contributed by atoms with Crippen LogP contribution in [0, 0.1) is 0 Å². The molecule has 22 heavy (non-hydrogen) atoms. The van der Waals surface area contributed by atoms with Gasteiger partial charge >= 0.3 is 0 Å². The maximum Gasteiger partial charge on any atom is 0.0433 e. The van der Waals surface area contributed by atoms with Crippen LogP contribution in [0.5, 0.6) is 0 Å². The predicted molar refractivity (Wildman–Crippen MR) is 103 cm³/mol. The Hall–Kier alpha value is -0.270. The van der Waals surface area contributed by atoms with Crippen molar-refractivity contribution in [1.82, 2.24) is 4.90 Å². The van der Waals surface area contributed by atoms with Crippen LogP contribution in [0.1, 0.15) is 79.1 Å². The molecule has 0 aliphatic rings. The first-order chi connectivity index (χ1) is 10.7. The molecule has 0 rings (SSSR count). The molecule has 0 spiro atoms. The molecule has 0 saturated carbocycles. The molecule has 0 N–H and O–H groups in total. The smallest absolute Gasteiger partial charge is 0.0433 e. The number of nitrogens with zero attached hydrogens (tertiary/aromatic N) is 1. The number of rotatable bonds is 14. The lowest BCUT2D eigenvalue weighted by atomic mass is 10.1. The molecule has 2 heteroatoms. The van der Waals surface area contributed by atoms with Gasteiger partial charge in [-0.05, 0) is 58.5 Å². The Labute approximate surface area is 144 Å². The van der Waals surface area contributed by atoms with Crippen LogP contribution >= 0.6 is 11.6 Å². The Balaban J connectivity index is 4.14. The monoisotopic (exact) mass is 327 g/mol. The number of unbranched alkanes of at least 4 members (excludes halogenated alkanes) is 3. The summed E-state index contributed by atoms with van der Waals surface area (Å²) in [6, 6.07) is 0. The van der Waals surface area contributed by atoms with Crippen LogP contribution < -0.4 is 0 Å². The highest BCUT2D eigenvalue weighted by Crippen LogP contribution is 2.13. The third-order valence-corrected chi connectivity index (χ3v) is 4.27. The zero-order chi connectivity index (χ0) is 16.6. The van der Waals surface area contributed by atoms with Crippen molar-refractivity contribution in [3.05, 3.63) is 23.3 Å². The van der Waals surface area contributed by atoms with Crippen molar-refractivity contribution >= 4 is 11.6 Å². The lowest BCUT2D eigenvalue weighted by Gasteiger charge is -2.21. The molecule has 0 atom stereocenters. The second-order valence-electron chi connectivity index (χ2n) is 6.36. The van der Waals surface area contributed by atoms with Gasteiger partial charge in [-0.15, -0.1) is 11.6 Å². The van der Waals surface area contributed by atoms with Gasteiger partial charge in [0.25, 0.3) is 0 Å². The zero-order valence-corrected chi connectivity index (χ0v) is 16.2. The van der Waals surface area contributed by atoms with Crippen LogP contribution in [-0.4, -0.2) is 30.4 Å². The molecule has 0 aromatic carbocycles. The van der Waals surface area contributed by atoms with Crippen LogP contribution in [0.3, 0.4) is 0 Å². The molecule has 0 saturated heterocycles. The third-order valence-electron chi connectivity index (χ3n) is 3.92. The Morgan fingerprint density at radius 3 is 2.14 bits per heavy atom. The van der Waals surface area contributed by atoms with Crippen molar-refractivity contribution in [2.45, 2.75) is 79.1 Å². The minimum Gasteiger partial charge on any atom is -0.299 e. The van der Waals surface area contributed by atoms with E-state index in [0.717, 1.165) is 19.4 Å². The van der Waals surface area contributed by atoms with E-state index in [0.29, 0.717) is 5.88 Å². The topological polar surface area (TPSA) is 3.24 Å². The average Bonchev–Trinajstić information content (AvgIpc) is 2.50. The highest BCUT2D eigenvalue weighted by Gasteiger charge is 2.03. The highest BCUT2D eigenvalue weighted by molar-refractivity contribution is 6.19. The first-order valence-electron chi connectivity index (χ1n) is 9.29. The summed E-state index contributed by atoms with van der Waals surface area (Å²) >= 11 is 6.07. The molecule has 0 aromatic heterocycles. The Morgan fingerprint density at radius 1 is 0.909 bits per heavy atom. The van der Waals surface area contributed by atoms with Gasteiger partial charge < -0.3 is 0 Å². The van der Waals surface area contributed by atoms with Crippen LogP contribution in [-0.2, 0) is 0 Å². The van der Waals surface area contributed by atoms with Crippen molar-refractivity contribution in [3.63, 3.8) is 0 Å². The fourth-order valence-electron chi connectivity index (χ4n) is 2.75. The van der Waals surface area contributed by atoms with Crippen molar-refractivity contribution in [3.8, 4) is 0 Å². The summed E-state index contributed by atoms with van der Waals surface area (Å²) < 4.78 is 0. The second kappa shape index (κ2) is 15.6. The number of alkyl halides is 1. The molecule has 0 amide bonds. The largest absolute Gasteiger partial charge is 0.299 e. The van der Waals surface area contributed by atoms with Gasteiger partial charge in [0, 0.05) is 12.4 Å². The van der Waals surface area contributed by atoms with E-state index in [9.17, 15) is 0 Å². The molecule has 130 valence electrons. The third kappa shape index (κ3) is 12.3. The number of hydrogen-bond donors (Lipinski definition) is 0. The van der Waals surface area contributed by atoms with E-state index in [-0.39, 0.29) is 0 Å². The van der Waals surface area contributed by atoms with Crippen molar-refractivity contribution in [1.29, 1.82) is 0 Å². The summed E-state index contributed by atoms with van der Waals surface area (Å²) in [6.45, 7) is 12.6. The molecule has 0 heterocycles. The molecule has 0 aliphatic heterocycles. The molecule has 1 nitrogen and oxygen atoms in total. The molecular formula is C20H38ClN. The molecule has 0 bridgehead atoms. The quantitative estimate of drug-likeness (QED) is 0.198. The van der Waals surface area contributed by atoms with Gasteiger partial charge in [0.2, 0.25) is 0 Å². The average molecular weight is 328 g/mol. The van der Waals surface area contributed by atoms with E-state index in [1.54, 1.807) is 0 Å². The Kier molecular flexibility index (Phi) is 15.4. The first-order valence-corrected chi connectivity index (χ1v) is 9.83. The summed E-state index contributed by atoms with van der Waals surface area (Å²) in [5, 5.41) is 0. The van der Waals surface area contributed by atoms with E-state index in [1.165, 1.54) is 62.8 Å². The Morgan fingerprint density at radius 2 is 1.59 bits per heavy atom. The summed E-state index contributed by atoms with van der Waals surface area (Å²) in [7, 11) is 0. The zero-order valence-electron chi connectivity index (χ0n) is 15.5. The van der Waals surface area contributed by atoms with E-state index in [4.69, 9.17) is 11.6 Å². The van der Waals surface area contributed by atoms with Crippen LogP contribution in [0.2, 0.25) is 0 Å². The van der Waals surface area contributed by atoms with Crippen molar-refractivity contribution in [2.24, 2.45) is 0 Å². The minimum absolute atomic E-state index is 0.691. The number of hydrogen-bond acceptors (Lipinski definition) is 1. The van der Waals surface area contributed by atoms with Crippen LogP contribution in [0.4, 0.5) is 0 Å². The maximum atomic E-state index is 6.07. The van der Waals surface area contributed by atoms with Gasteiger partial charge in [0.15, 0.2) is 0 Å². The fraction of sp³-hybridized carbons (Fsp3) is 0.800. The SMILES string of the molecule is CCCCC/C=C(/CCl)CC/C=C(\C)CN(CCC)CCC. The van der Waals surface area contributed by atoms with Crippen LogP contribution in [0.25, 0.3) is 0 Å². The molecule has 0 fully saturated rings. The summed E-state index contributed by atoms with van der Waals surface area (Å²) in [5.74, 6) is 0.691. The molecule has 0 aliphatic carbocycles. The fourth-order valence-corrected chi connectivity index (χ4v) is 2.99. The van der Waals surface area contributed by atoms with Gasteiger partial charge in [0.1, 0.15) is 0 Å². The molecular weight excluding hydrogens is 290 g/mol. The van der Waals surface area contributed by atoms with E-state index in [1.807, 2.05) is 0 Å². The number of allylic oxidation sites excluding steroid dienone is 3. The van der Waals surface area contributed by atoms with Crippen molar-refractivity contribution in [2.75, 3.05) is 25.5 Å². The van der Waals surface area contributed by atoms with Gasteiger partial charge in [-0.1, -0.05) is 56.9 Å². The summed E-state index contributed by atoms with van der Waals surface area (Å²) in [6.07, 6.45) is 14.6. The molecule has 0 unspecified atom stereocenters. The summed E-state index contributed by atoms with van der Waals surface area (Å²) in [4.78, 5) is 2.56. The Bertz CT molecular complexity index is 301.